The number of aromatic nitrogens is 2. The van der Waals surface area contributed by atoms with E-state index in [9.17, 15) is 9.59 Å². The fourth-order valence-corrected chi connectivity index (χ4v) is 1.54. The van der Waals surface area contributed by atoms with Crippen LogP contribution in [-0.2, 0) is 4.79 Å². The van der Waals surface area contributed by atoms with Crippen molar-refractivity contribution in [3.8, 4) is 11.1 Å². The molecule has 0 saturated heterocycles. The molecule has 2 aromatic rings. The second kappa shape index (κ2) is 5.77. The molecular weight excluding hydrogens is 242 g/mol. The second-order valence-electron chi connectivity index (χ2n) is 3.96. The quantitative estimate of drug-likeness (QED) is 0.819. The number of hydrogen-bond acceptors (Lipinski definition) is 4. The maximum Gasteiger partial charge on any atom is 0.271 e. The summed E-state index contributed by atoms with van der Waals surface area (Å²) in [6.45, 7) is 1.44. The molecule has 0 aliphatic rings. The number of nitrogens with one attached hydrogen (secondary N) is 2. The minimum Gasteiger partial charge on any atom is -0.357 e. The van der Waals surface area contributed by atoms with E-state index in [0.717, 1.165) is 11.1 Å². The van der Waals surface area contributed by atoms with E-state index in [1.54, 1.807) is 24.7 Å². The number of carbonyl (C=O) groups excluding carboxylic acids is 1. The summed E-state index contributed by atoms with van der Waals surface area (Å²) in [4.78, 5) is 29.1. The van der Waals surface area contributed by atoms with Crippen molar-refractivity contribution >= 4 is 11.5 Å². The standard InChI is InChI=1S/C14H13N3O2/c1-10(18)4-6-16-13-7-12(9-17-14(13)19)11-3-2-5-15-8-11/h2-9,16H,1H3,(H,17,19). The van der Waals surface area contributed by atoms with Gasteiger partial charge in [0, 0.05) is 35.9 Å². The predicted octanol–water partition coefficient (Wildman–Crippen LogP) is 1.95. The fraction of sp³-hybridized carbons (Fsp3) is 0.0714. The van der Waals surface area contributed by atoms with Crippen molar-refractivity contribution in [2.45, 2.75) is 6.92 Å². The van der Waals surface area contributed by atoms with E-state index in [1.807, 2.05) is 12.1 Å². The smallest absolute Gasteiger partial charge is 0.271 e. The first-order chi connectivity index (χ1) is 9.16. The van der Waals surface area contributed by atoms with Gasteiger partial charge in [-0.1, -0.05) is 6.07 Å². The van der Waals surface area contributed by atoms with Crippen LogP contribution in [0.1, 0.15) is 6.92 Å². The van der Waals surface area contributed by atoms with Gasteiger partial charge in [0.05, 0.1) is 0 Å². The van der Waals surface area contributed by atoms with Crippen LogP contribution in [0.4, 0.5) is 5.69 Å². The van der Waals surface area contributed by atoms with Crippen LogP contribution < -0.4 is 10.9 Å². The molecule has 5 heteroatoms. The molecule has 0 aliphatic carbocycles. The number of pyridine rings is 2. The van der Waals surface area contributed by atoms with Crippen molar-refractivity contribution in [1.82, 2.24) is 9.97 Å². The van der Waals surface area contributed by atoms with Crippen molar-refractivity contribution in [3.05, 3.63) is 59.4 Å². The zero-order chi connectivity index (χ0) is 13.7. The molecular formula is C14H13N3O2. The van der Waals surface area contributed by atoms with E-state index >= 15 is 0 Å². The van der Waals surface area contributed by atoms with Crippen molar-refractivity contribution in [1.29, 1.82) is 0 Å². The highest BCUT2D eigenvalue weighted by molar-refractivity contribution is 5.87. The lowest BCUT2D eigenvalue weighted by Gasteiger charge is -2.04. The van der Waals surface area contributed by atoms with Gasteiger partial charge in [0.15, 0.2) is 5.78 Å². The summed E-state index contributed by atoms with van der Waals surface area (Å²) < 4.78 is 0. The van der Waals surface area contributed by atoms with E-state index in [1.165, 1.54) is 19.2 Å². The second-order valence-corrected chi connectivity index (χ2v) is 3.96. The first-order valence-corrected chi connectivity index (χ1v) is 5.73. The first-order valence-electron chi connectivity index (χ1n) is 5.73. The molecule has 0 atom stereocenters. The number of anilines is 1. The number of rotatable bonds is 4. The third-order valence-electron chi connectivity index (χ3n) is 2.45. The summed E-state index contributed by atoms with van der Waals surface area (Å²) in [5, 5.41) is 2.79. The summed E-state index contributed by atoms with van der Waals surface area (Å²) in [7, 11) is 0. The number of nitrogens with zero attached hydrogens (tertiary/aromatic N) is 1. The largest absolute Gasteiger partial charge is 0.357 e. The summed E-state index contributed by atoms with van der Waals surface area (Å²) in [5.74, 6) is -0.0904. The number of ketones is 1. The SMILES string of the molecule is CC(=O)C=CNc1cc(-c2cccnc2)c[nH]c1=O. The predicted molar refractivity (Wildman–Crippen MR) is 73.7 cm³/mol. The van der Waals surface area contributed by atoms with Crippen LogP contribution in [0.3, 0.4) is 0 Å². The first kappa shape index (κ1) is 12.8. The van der Waals surface area contributed by atoms with Gasteiger partial charge in [0.25, 0.3) is 5.56 Å². The summed E-state index contributed by atoms with van der Waals surface area (Å²) in [6, 6.07) is 5.43. The van der Waals surface area contributed by atoms with Crippen LogP contribution in [0.2, 0.25) is 0 Å². The van der Waals surface area contributed by atoms with Crippen molar-refractivity contribution in [2.75, 3.05) is 5.32 Å². The summed E-state index contributed by atoms with van der Waals surface area (Å²) in [6.07, 6.45) is 7.82. The topological polar surface area (TPSA) is 74.8 Å². The van der Waals surface area contributed by atoms with Gasteiger partial charge in [0.1, 0.15) is 5.69 Å². The van der Waals surface area contributed by atoms with E-state index < -0.39 is 0 Å². The Kier molecular flexibility index (Phi) is 3.87. The molecule has 0 aliphatic heterocycles. The minimum absolute atomic E-state index is 0.0904. The number of hydrogen-bond donors (Lipinski definition) is 2. The van der Waals surface area contributed by atoms with Gasteiger partial charge in [-0.05, 0) is 25.1 Å². The zero-order valence-electron chi connectivity index (χ0n) is 10.4. The highest BCUT2D eigenvalue weighted by Crippen LogP contribution is 2.18. The molecule has 19 heavy (non-hydrogen) atoms. The molecule has 0 unspecified atom stereocenters. The van der Waals surface area contributed by atoms with Crippen molar-refractivity contribution in [2.24, 2.45) is 0 Å². The molecule has 96 valence electrons. The Balaban J connectivity index is 2.30. The Morgan fingerprint density at radius 3 is 2.95 bits per heavy atom. The van der Waals surface area contributed by atoms with Gasteiger partial charge >= 0.3 is 0 Å². The van der Waals surface area contributed by atoms with Gasteiger partial charge < -0.3 is 10.3 Å². The molecule has 0 amide bonds. The Bertz CT molecular complexity index is 660. The van der Waals surface area contributed by atoms with Crippen LogP contribution >= 0.6 is 0 Å². The minimum atomic E-state index is -0.249. The molecule has 0 saturated carbocycles. The molecule has 0 fully saturated rings. The highest BCUT2D eigenvalue weighted by atomic mass is 16.1. The number of carbonyl (C=O) groups is 1. The van der Waals surface area contributed by atoms with Gasteiger partial charge in [-0.15, -0.1) is 0 Å². The van der Waals surface area contributed by atoms with Gasteiger partial charge in [-0.3, -0.25) is 14.6 Å². The molecule has 0 bridgehead atoms. The Morgan fingerprint density at radius 1 is 1.42 bits per heavy atom. The number of H-pyrrole nitrogens is 1. The lowest BCUT2D eigenvalue weighted by atomic mass is 10.1. The molecule has 0 aromatic carbocycles. The van der Waals surface area contributed by atoms with Gasteiger partial charge in [0.2, 0.25) is 0 Å². The van der Waals surface area contributed by atoms with E-state index in [2.05, 4.69) is 15.3 Å². The van der Waals surface area contributed by atoms with E-state index in [-0.39, 0.29) is 11.3 Å². The monoisotopic (exact) mass is 255 g/mol. The molecule has 2 heterocycles. The normalized spacial score (nSPS) is 10.6. The van der Waals surface area contributed by atoms with Gasteiger partial charge in [-0.25, -0.2) is 0 Å². The average Bonchev–Trinajstić information content (AvgIpc) is 2.41. The highest BCUT2D eigenvalue weighted by Gasteiger charge is 2.02. The molecule has 2 rings (SSSR count). The van der Waals surface area contributed by atoms with Crippen LogP contribution in [0, 0.1) is 0 Å². The molecule has 2 N–H and O–H groups in total. The molecule has 0 spiro atoms. The maximum atomic E-state index is 11.6. The van der Waals surface area contributed by atoms with Crippen LogP contribution in [-0.4, -0.2) is 15.8 Å². The van der Waals surface area contributed by atoms with Crippen LogP contribution in [0.15, 0.2) is 53.9 Å². The average molecular weight is 255 g/mol. The zero-order valence-corrected chi connectivity index (χ0v) is 10.4. The summed E-state index contributed by atoms with van der Waals surface area (Å²) in [5.41, 5.74) is 1.86. The fourth-order valence-electron chi connectivity index (χ4n) is 1.54. The third kappa shape index (κ3) is 3.38. The Morgan fingerprint density at radius 2 is 2.26 bits per heavy atom. The van der Waals surface area contributed by atoms with Crippen LogP contribution in [0.25, 0.3) is 11.1 Å². The van der Waals surface area contributed by atoms with Crippen molar-refractivity contribution in [3.63, 3.8) is 0 Å². The summed E-state index contributed by atoms with van der Waals surface area (Å²) >= 11 is 0. The van der Waals surface area contributed by atoms with E-state index in [4.69, 9.17) is 0 Å². The molecule has 0 radical (unpaired) electrons. The van der Waals surface area contributed by atoms with Gasteiger partial charge in [-0.2, -0.15) is 0 Å². The number of allylic oxidation sites excluding steroid dienone is 1. The van der Waals surface area contributed by atoms with E-state index in [0.29, 0.717) is 5.69 Å². The Hall–Kier alpha value is -2.69. The lowest BCUT2D eigenvalue weighted by molar-refractivity contribution is -0.112. The lowest BCUT2D eigenvalue weighted by Crippen LogP contribution is -2.10. The Labute approximate surface area is 110 Å². The maximum absolute atomic E-state index is 11.6. The number of aromatic amines is 1. The van der Waals surface area contributed by atoms with Crippen molar-refractivity contribution < 1.29 is 4.79 Å². The molecule has 2 aromatic heterocycles. The molecule has 5 nitrogen and oxygen atoms in total. The third-order valence-corrected chi connectivity index (χ3v) is 2.45. The van der Waals surface area contributed by atoms with Crippen LogP contribution in [0.5, 0.6) is 0 Å².